The molecule has 4 heteroatoms. The molecule has 0 spiro atoms. The lowest BCUT2D eigenvalue weighted by Gasteiger charge is -2.14. The van der Waals surface area contributed by atoms with Crippen molar-refractivity contribution in [3.63, 3.8) is 0 Å². The first kappa shape index (κ1) is 14.7. The quantitative estimate of drug-likeness (QED) is 0.780. The van der Waals surface area contributed by atoms with Crippen LogP contribution in [0.5, 0.6) is 0 Å². The Morgan fingerprint density at radius 3 is 2.59 bits per heavy atom. The zero-order valence-electron chi connectivity index (χ0n) is 11.4. The first-order chi connectivity index (χ1) is 8.07. The molecule has 0 aliphatic rings. The van der Waals surface area contributed by atoms with E-state index in [9.17, 15) is 0 Å². The molecule has 1 atom stereocenters. The summed E-state index contributed by atoms with van der Waals surface area (Å²) in [5.74, 6) is 0. The maximum atomic E-state index is 4.57. The standard InChI is InChI=1S/C13H24BrN3/c1-5-8-15-9-6-7-10(2)17-12(4)13(14)11(3)16-17/h10,15H,5-9H2,1-4H3. The average molecular weight is 302 g/mol. The van der Waals surface area contributed by atoms with Crippen LogP contribution in [0, 0.1) is 13.8 Å². The molecule has 0 aliphatic heterocycles. The summed E-state index contributed by atoms with van der Waals surface area (Å²) in [6.45, 7) is 10.8. The van der Waals surface area contributed by atoms with Gasteiger partial charge in [0.15, 0.2) is 0 Å². The normalized spacial score (nSPS) is 13.0. The third-order valence-corrected chi connectivity index (χ3v) is 4.20. The van der Waals surface area contributed by atoms with Crippen molar-refractivity contribution in [1.29, 1.82) is 0 Å². The molecule has 1 unspecified atom stereocenters. The molecule has 0 fully saturated rings. The van der Waals surface area contributed by atoms with E-state index in [2.05, 4.69) is 51.8 Å². The van der Waals surface area contributed by atoms with Gasteiger partial charge in [-0.05, 0) is 69.1 Å². The minimum absolute atomic E-state index is 0.475. The van der Waals surface area contributed by atoms with Crippen LogP contribution in [-0.4, -0.2) is 22.9 Å². The van der Waals surface area contributed by atoms with E-state index >= 15 is 0 Å². The van der Waals surface area contributed by atoms with Gasteiger partial charge >= 0.3 is 0 Å². The molecule has 0 saturated carbocycles. The molecular formula is C13H24BrN3. The summed E-state index contributed by atoms with van der Waals surface area (Å²) in [6, 6.07) is 0.475. The summed E-state index contributed by atoms with van der Waals surface area (Å²) >= 11 is 3.57. The van der Waals surface area contributed by atoms with Gasteiger partial charge in [0.2, 0.25) is 0 Å². The van der Waals surface area contributed by atoms with E-state index < -0.39 is 0 Å². The number of hydrogen-bond donors (Lipinski definition) is 1. The lowest BCUT2D eigenvalue weighted by Crippen LogP contribution is -2.17. The molecule has 17 heavy (non-hydrogen) atoms. The molecule has 1 aromatic heterocycles. The highest BCUT2D eigenvalue weighted by molar-refractivity contribution is 9.10. The van der Waals surface area contributed by atoms with E-state index in [1.54, 1.807) is 0 Å². The fraction of sp³-hybridized carbons (Fsp3) is 0.769. The predicted molar refractivity (Wildman–Crippen MR) is 76.5 cm³/mol. The molecule has 1 heterocycles. The molecule has 1 N–H and O–H groups in total. The number of nitrogens with one attached hydrogen (secondary N) is 1. The van der Waals surface area contributed by atoms with E-state index in [1.807, 2.05) is 6.92 Å². The summed E-state index contributed by atoms with van der Waals surface area (Å²) in [5.41, 5.74) is 2.31. The van der Waals surface area contributed by atoms with Crippen LogP contribution < -0.4 is 5.32 Å². The lowest BCUT2D eigenvalue weighted by molar-refractivity contribution is 0.429. The van der Waals surface area contributed by atoms with Gasteiger partial charge in [-0.15, -0.1) is 0 Å². The summed E-state index contributed by atoms with van der Waals surface area (Å²) in [7, 11) is 0. The number of aryl methyl sites for hydroxylation is 1. The minimum atomic E-state index is 0.475. The Bertz CT molecular complexity index is 347. The van der Waals surface area contributed by atoms with Crippen molar-refractivity contribution in [2.45, 2.75) is 53.0 Å². The van der Waals surface area contributed by atoms with Crippen LogP contribution in [0.1, 0.15) is 50.5 Å². The number of aromatic nitrogens is 2. The lowest BCUT2D eigenvalue weighted by atomic mass is 10.2. The van der Waals surface area contributed by atoms with Crippen molar-refractivity contribution in [2.24, 2.45) is 0 Å². The minimum Gasteiger partial charge on any atom is -0.317 e. The summed E-state index contributed by atoms with van der Waals surface area (Å²) in [5, 5.41) is 8.01. The van der Waals surface area contributed by atoms with Crippen LogP contribution in [0.25, 0.3) is 0 Å². The van der Waals surface area contributed by atoms with Gasteiger partial charge in [-0.2, -0.15) is 5.10 Å². The number of hydrogen-bond acceptors (Lipinski definition) is 2. The van der Waals surface area contributed by atoms with Gasteiger partial charge in [0.25, 0.3) is 0 Å². The summed E-state index contributed by atoms with van der Waals surface area (Å²) < 4.78 is 3.28. The highest BCUT2D eigenvalue weighted by atomic mass is 79.9. The molecule has 0 amide bonds. The molecule has 1 aromatic rings. The topological polar surface area (TPSA) is 29.9 Å². The first-order valence-electron chi connectivity index (χ1n) is 6.49. The summed E-state index contributed by atoms with van der Waals surface area (Å²) in [4.78, 5) is 0. The Labute approximate surface area is 113 Å². The second kappa shape index (κ2) is 7.17. The van der Waals surface area contributed by atoms with Gasteiger partial charge in [-0.3, -0.25) is 4.68 Å². The van der Waals surface area contributed by atoms with Crippen LogP contribution >= 0.6 is 15.9 Å². The van der Waals surface area contributed by atoms with Gasteiger partial charge in [0.05, 0.1) is 15.9 Å². The van der Waals surface area contributed by atoms with Crippen LogP contribution in [0.15, 0.2) is 4.47 Å². The number of halogens is 1. The predicted octanol–water partition coefficient (Wildman–Crippen LogP) is 3.60. The zero-order chi connectivity index (χ0) is 12.8. The summed E-state index contributed by atoms with van der Waals surface area (Å²) in [6.07, 6.45) is 3.59. The molecule has 3 nitrogen and oxygen atoms in total. The van der Waals surface area contributed by atoms with Gasteiger partial charge in [-0.25, -0.2) is 0 Å². The molecule has 0 radical (unpaired) electrons. The molecule has 0 bridgehead atoms. The molecule has 98 valence electrons. The molecular weight excluding hydrogens is 278 g/mol. The van der Waals surface area contributed by atoms with Crippen molar-refractivity contribution in [1.82, 2.24) is 15.1 Å². The third kappa shape index (κ3) is 4.11. The highest BCUT2D eigenvalue weighted by Gasteiger charge is 2.13. The largest absolute Gasteiger partial charge is 0.317 e. The molecule has 0 aromatic carbocycles. The van der Waals surface area contributed by atoms with Crippen LogP contribution in [0.2, 0.25) is 0 Å². The molecule has 0 aliphatic carbocycles. The molecule has 1 rings (SSSR count). The zero-order valence-corrected chi connectivity index (χ0v) is 13.0. The Balaban J connectivity index is 2.41. The Kier molecular flexibility index (Phi) is 6.20. The van der Waals surface area contributed by atoms with Gasteiger partial charge in [-0.1, -0.05) is 6.92 Å². The van der Waals surface area contributed by atoms with Crippen molar-refractivity contribution >= 4 is 15.9 Å². The van der Waals surface area contributed by atoms with Crippen LogP contribution in [0.4, 0.5) is 0 Å². The average Bonchev–Trinajstić information content (AvgIpc) is 2.56. The maximum Gasteiger partial charge on any atom is 0.0738 e. The Hall–Kier alpha value is -0.350. The van der Waals surface area contributed by atoms with Crippen molar-refractivity contribution in [2.75, 3.05) is 13.1 Å². The Morgan fingerprint density at radius 1 is 1.35 bits per heavy atom. The fourth-order valence-electron chi connectivity index (χ4n) is 2.02. The van der Waals surface area contributed by atoms with E-state index in [1.165, 1.54) is 25.0 Å². The highest BCUT2D eigenvalue weighted by Crippen LogP contribution is 2.24. The van der Waals surface area contributed by atoms with Crippen LogP contribution in [-0.2, 0) is 0 Å². The van der Waals surface area contributed by atoms with Gasteiger partial charge in [0, 0.05) is 6.04 Å². The second-order valence-corrected chi connectivity index (χ2v) is 5.46. The fourth-order valence-corrected chi connectivity index (χ4v) is 2.28. The maximum absolute atomic E-state index is 4.57. The van der Waals surface area contributed by atoms with Gasteiger partial charge in [0.1, 0.15) is 0 Å². The smallest absolute Gasteiger partial charge is 0.0738 e. The second-order valence-electron chi connectivity index (χ2n) is 4.67. The van der Waals surface area contributed by atoms with Crippen molar-refractivity contribution < 1.29 is 0 Å². The van der Waals surface area contributed by atoms with Crippen molar-refractivity contribution in [3.05, 3.63) is 15.9 Å². The van der Waals surface area contributed by atoms with E-state index in [4.69, 9.17) is 0 Å². The van der Waals surface area contributed by atoms with E-state index in [0.29, 0.717) is 6.04 Å². The Morgan fingerprint density at radius 2 is 2.06 bits per heavy atom. The van der Waals surface area contributed by atoms with Gasteiger partial charge < -0.3 is 5.32 Å². The SMILES string of the molecule is CCCNCCCC(C)n1nc(C)c(Br)c1C. The van der Waals surface area contributed by atoms with Crippen molar-refractivity contribution in [3.8, 4) is 0 Å². The number of nitrogens with zero attached hydrogens (tertiary/aromatic N) is 2. The van der Waals surface area contributed by atoms with E-state index in [-0.39, 0.29) is 0 Å². The van der Waals surface area contributed by atoms with Crippen LogP contribution in [0.3, 0.4) is 0 Å². The number of rotatable bonds is 7. The third-order valence-electron chi connectivity index (χ3n) is 3.06. The molecule has 0 saturated heterocycles. The first-order valence-corrected chi connectivity index (χ1v) is 7.29. The monoisotopic (exact) mass is 301 g/mol. The van der Waals surface area contributed by atoms with E-state index in [0.717, 1.165) is 23.3 Å².